The molecule has 2 aromatic rings. The van der Waals surface area contributed by atoms with E-state index in [1.165, 1.54) is 6.42 Å². The number of hydrogen-bond donors (Lipinski definition) is 1. The number of aromatic amines is 1. The number of piperidine rings is 1. The Labute approximate surface area is 133 Å². The Balaban J connectivity index is 1.87. The molecule has 1 aliphatic heterocycles. The molecule has 2 aliphatic rings. The van der Waals surface area contributed by atoms with Gasteiger partial charge in [0.15, 0.2) is 11.4 Å². The maximum atomic E-state index is 12.7. The van der Waals surface area contributed by atoms with Gasteiger partial charge in [-0.3, -0.25) is 14.6 Å². The average molecular weight is 312 g/mol. The quantitative estimate of drug-likeness (QED) is 0.872. The van der Waals surface area contributed by atoms with Crippen molar-refractivity contribution in [1.29, 1.82) is 0 Å². The summed E-state index contributed by atoms with van der Waals surface area (Å²) in [5.41, 5.74) is 1.68. The second kappa shape index (κ2) is 5.44. The Morgan fingerprint density at radius 3 is 2.74 bits per heavy atom. The molecule has 0 bridgehead atoms. The summed E-state index contributed by atoms with van der Waals surface area (Å²) in [5.74, 6) is 0.930. The Kier molecular flexibility index (Phi) is 3.39. The fraction of sp³-hybridized carbons (Fsp3) is 0.529. The van der Waals surface area contributed by atoms with Crippen LogP contribution >= 0.6 is 0 Å². The van der Waals surface area contributed by atoms with E-state index in [0.29, 0.717) is 29.0 Å². The Morgan fingerprint density at radius 2 is 1.96 bits per heavy atom. The number of anilines is 1. The predicted molar refractivity (Wildman–Crippen MR) is 88.0 cm³/mol. The van der Waals surface area contributed by atoms with Crippen LogP contribution in [0.25, 0.3) is 11.0 Å². The normalized spacial score (nSPS) is 21.5. The number of hydrogen-bond acceptors (Lipinski definition) is 5. The summed E-state index contributed by atoms with van der Waals surface area (Å²) in [7, 11) is 0. The lowest BCUT2D eigenvalue weighted by atomic mass is 9.84. The molecular formula is C17H20N4O2. The molecule has 6 heteroatoms. The second-order valence-electron chi connectivity index (χ2n) is 6.72. The first-order valence-corrected chi connectivity index (χ1v) is 8.33. The summed E-state index contributed by atoms with van der Waals surface area (Å²) in [6.07, 6.45) is 6.31. The van der Waals surface area contributed by atoms with Crippen LogP contribution in [0.3, 0.4) is 0 Å². The van der Waals surface area contributed by atoms with Crippen LogP contribution in [0, 0.1) is 5.92 Å². The minimum atomic E-state index is -0.179. The highest BCUT2D eigenvalue weighted by molar-refractivity contribution is 6.02. The highest BCUT2D eigenvalue weighted by atomic mass is 16.1. The van der Waals surface area contributed by atoms with Gasteiger partial charge in [-0.25, -0.2) is 4.98 Å². The van der Waals surface area contributed by atoms with E-state index in [0.717, 1.165) is 37.9 Å². The van der Waals surface area contributed by atoms with Gasteiger partial charge in [0.1, 0.15) is 0 Å². The lowest BCUT2D eigenvalue weighted by Gasteiger charge is -2.27. The highest BCUT2D eigenvalue weighted by Crippen LogP contribution is 2.28. The van der Waals surface area contributed by atoms with Crippen molar-refractivity contribution in [1.82, 2.24) is 15.0 Å². The molecule has 23 heavy (non-hydrogen) atoms. The molecule has 4 rings (SSSR count). The number of nitrogens with zero attached hydrogens (tertiary/aromatic N) is 3. The number of H-pyrrole nitrogens is 1. The van der Waals surface area contributed by atoms with Gasteiger partial charge in [-0.1, -0.05) is 6.92 Å². The van der Waals surface area contributed by atoms with Gasteiger partial charge in [0.05, 0.1) is 5.39 Å². The Morgan fingerprint density at radius 1 is 1.17 bits per heavy atom. The van der Waals surface area contributed by atoms with Gasteiger partial charge in [0.2, 0.25) is 5.95 Å². The zero-order chi connectivity index (χ0) is 16.0. The standard InChI is InChI=1S/C17H20N4O2/c1-10-7-11-12(13(22)8-10)9-18-15-14(11)16(23)20-17(19-15)21-5-3-2-4-6-21/h9-10H,2-8H2,1H3,(H,18,19,20,23)/t10-/m0/s1. The van der Waals surface area contributed by atoms with E-state index in [9.17, 15) is 9.59 Å². The number of nitrogens with one attached hydrogen (secondary N) is 1. The molecule has 0 radical (unpaired) electrons. The molecule has 120 valence electrons. The maximum Gasteiger partial charge on any atom is 0.262 e. The molecule has 1 aliphatic carbocycles. The predicted octanol–water partition coefficient (Wildman–Crippen LogP) is 2.07. The molecule has 0 aromatic carbocycles. The summed E-state index contributed by atoms with van der Waals surface area (Å²) in [4.78, 5) is 38.7. The number of pyridine rings is 1. The van der Waals surface area contributed by atoms with Crippen LogP contribution in [0.15, 0.2) is 11.0 Å². The number of Topliss-reactive ketones (excluding diaryl/α,β-unsaturated/α-hetero) is 1. The van der Waals surface area contributed by atoms with Gasteiger partial charge in [-0.15, -0.1) is 0 Å². The zero-order valence-electron chi connectivity index (χ0n) is 13.3. The maximum absolute atomic E-state index is 12.7. The molecule has 1 fully saturated rings. The van der Waals surface area contributed by atoms with Crippen LogP contribution in [0.2, 0.25) is 0 Å². The number of ketones is 1. The van der Waals surface area contributed by atoms with Crippen molar-refractivity contribution in [3.05, 3.63) is 27.7 Å². The molecule has 6 nitrogen and oxygen atoms in total. The van der Waals surface area contributed by atoms with Crippen LogP contribution in [0.5, 0.6) is 0 Å². The van der Waals surface area contributed by atoms with Crippen LogP contribution in [0.1, 0.15) is 48.5 Å². The SMILES string of the molecule is C[C@@H]1CC(=O)c2cnc3nc(N4CCCCC4)[nH]c(=O)c3c2C1. The average Bonchev–Trinajstić information content (AvgIpc) is 2.54. The molecule has 0 unspecified atom stereocenters. The first kappa shape index (κ1) is 14.4. The van der Waals surface area contributed by atoms with Gasteiger partial charge in [0.25, 0.3) is 5.56 Å². The number of fused-ring (bicyclic) bond motifs is 3. The van der Waals surface area contributed by atoms with E-state index in [2.05, 4.69) is 19.9 Å². The van der Waals surface area contributed by atoms with Crippen LogP contribution in [-0.4, -0.2) is 33.8 Å². The summed E-state index contributed by atoms with van der Waals surface area (Å²) in [5, 5.41) is 0.489. The highest BCUT2D eigenvalue weighted by Gasteiger charge is 2.26. The summed E-state index contributed by atoms with van der Waals surface area (Å²) >= 11 is 0. The first-order chi connectivity index (χ1) is 11.1. The topological polar surface area (TPSA) is 79.0 Å². The van der Waals surface area contributed by atoms with E-state index in [-0.39, 0.29) is 17.3 Å². The Hall–Kier alpha value is -2.24. The molecule has 0 spiro atoms. The largest absolute Gasteiger partial charge is 0.342 e. The third-order valence-corrected chi connectivity index (χ3v) is 4.87. The molecule has 1 N–H and O–H groups in total. The van der Waals surface area contributed by atoms with Crippen molar-refractivity contribution >= 4 is 22.8 Å². The second-order valence-corrected chi connectivity index (χ2v) is 6.72. The van der Waals surface area contributed by atoms with Gasteiger partial charge in [-0.2, -0.15) is 4.98 Å². The van der Waals surface area contributed by atoms with Crippen molar-refractivity contribution in [3.8, 4) is 0 Å². The fourth-order valence-corrected chi connectivity index (χ4v) is 3.71. The van der Waals surface area contributed by atoms with Gasteiger partial charge >= 0.3 is 0 Å². The molecule has 0 amide bonds. The van der Waals surface area contributed by atoms with Gasteiger partial charge in [0, 0.05) is 31.3 Å². The number of aromatic nitrogens is 3. The minimum Gasteiger partial charge on any atom is -0.342 e. The molecule has 0 saturated carbocycles. The zero-order valence-corrected chi connectivity index (χ0v) is 13.3. The van der Waals surface area contributed by atoms with Crippen LogP contribution in [-0.2, 0) is 6.42 Å². The molecule has 1 atom stereocenters. The van der Waals surface area contributed by atoms with Gasteiger partial charge < -0.3 is 4.90 Å². The van der Waals surface area contributed by atoms with Gasteiger partial charge in [-0.05, 0) is 37.2 Å². The smallest absolute Gasteiger partial charge is 0.262 e. The van der Waals surface area contributed by atoms with Crippen molar-refractivity contribution in [2.75, 3.05) is 18.0 Å². The van der Waals surface area contributed by atoms with Crippen molar-refractivity contribution < 1.29 is 4.79 Å². The molecule has 2 aromatic heterocycles. The molecular weight excluding hydrogens is 292 g/mol. The van der Waals surface area contributed by atoms with Crippen molar-refractivity contribution in [3.63, 3.8) is 0 Å². The molecule has 1 saturated heterocycles. The lowest BCUT2D eigenvalue weighted by Crippen LogP contribution is -2.33. The summed E-state index contributed by atoms with van der Waals surface area (Å²) in [6, 6.07) is 0. The number of carbonyl (C=O) groups excluding carboxylic acids is 1. The van der Waals surface area contributed by atoms with Crippen molar-refractivity contribution in [2.24, 2.45) is 5.92 Å². The van der Waals surface area contributed by atoms with E-state index in [4.69, 9.17) is 0 Å². The lowest BCUT2D eigenvalue weighted by molar-refractivity contribution is 0.0953. The Bertz CT molecular complexity index is 836. The molecule has 3 heterocycles. The fourth-order valence-electron chi connectivity index (χ4n) is 3.71. The van der Waals surface area contributed by atoms with Crippen LogP contribution < -0.4 is 10.5 Å². The van der Waals surface area contributed by atoms with E-state index in [1.54, 1.807) is 6.20 Å². The minimum absolute atomic E-state index is 0.0765. The third-order valence-electron chi connectivity index (χ3n) is 4.87. The summed E-state index contributed by atoms with van der Waals surface area (Å²) < 4.78 is 0. The number of rotatable bonds is 1. The third kappa shape index (κ3) is 2.42. The van der Waals surface area contributed by atoms with Crippen LogP contribution in [0.4, 0.5) is 5.95 Å². The van der Waals surface area contributed by atoms with E-state index < -0.39 is 0 Å². The first-order valence-electron chi connectivity index (χ1n) is 8.33. The van der Waals surface area contributed by atoms with E-state index >= 15 is 0 Å². The monoisotopic (exact) mass is 312 g/mol. The van der Waals surface area contributed by atoms with E-state index in [1.807, 2.05) is 6.92 Å². The summed E-state index contributed by atoms with van der Waals surface area (Å²) in [6.45, 7) is 3.86. The van der Waals surface area contributed by atoms with Crippen molar-refractivity contribution in [2.45, 2.75) is 39.0 Å². The number of carbonyl (C=O) groups is 1.